The third-order valence-corrected chi connectivity index (χ3v) is 13.3. The Bertz CT molecular complexity index is 1040. The second-order valence-electron chi connectivity index (χ2n) is 15.1. The van der Waals surface area contributed by atoms with Gasteiger partial charge in [0, 0.05) is 0 Å². The van der Waals surface area contributed by atoms with Crippen molar-refractivity contribution in [3.63, 3.8) is 0 Å². The molecule has 0 unspecified atom stereocenters. The fourth-order valence-electron chi connectivity index (χ4n) is 10.9. The van der Waals surface area contributed by atoms with Crippen LogP contribution in [0.3, 0.4) is 0 Å². The van der Waals surface area contributed by atoms with Gasteiger partial charge in [-0.25, -0.2) is 4.79 Å². The molecule has 9 atom stereocenters. The third-order valence-electron chi connectivity index (χ3n) is 13.3. The Morgan fingerprint density at radius 2 is 1.68 bits per heavy atom. The molecule has 212 valence electrons. The highest BCUT2D eigenvalue weighted by atomic mass is 16.6. The van der Waals surface area contributed by atoms with Crippen LogP contribution in [0.15, 0.2) is 23.8 Å². The van der Waals surface area contributed by atoms with Gasteiger partial charge in [-0.3, -0.25) is 4.79 Å². The second kappa shape index (κ2) is 9.23. The number of allylic oxidation sites excluding steroid dienone is 4. The van der Waals surface area contributed by atoms with Crippen molar-refractivity contribution in [3.8, 4) is 0 Å². The molecule has 0 saturated heterocycles. The maximum atomic E-state index is 13.9. The molecule has 0 amide bonds. The minimum absolute atomic E-state index is 0.0795. The predicted molar refractivity (Wildman–Crippen MR) is 151 cm³/mol. The van der Waals surface area contributed by atoms with Crippen molar-refractivity contribution in [2.45, 2.75) is 107 Å². The lowest BCUT2D eigenvalue weighted by molar-refractivity contribution is -0.186. The summed E-state index contributed by atoms with van der Waals surface area (Å²) in [6.07, 6.45) is 16.2. The predicted octanol–water partition coefficient (Wildman–Crippen LogP) is 7.92. The highest BCUT2D eigenvalue weighted by Gasteiger charge is 2.68. The van der Waals surface area contributed by atoms with Gasteiger partial charge in [0.1, 0.15) is 0 Å². The van der Waals surface area contributed by atoms with E-state index in [4.69, 9.17) is 9.47 Å². The number of ether oxygens (including phenoxy) is 2. The minimum Gasteiger partial charge on any atom is -0.463 e. The minimum atomic E-state index is -0.524. The zero-order valence-corrected chi connectivity index (χ0v) is 25.3. The molecule has 0 aliphatic heterocycles. The summed E-state index contributed by atoms with van der Waals surface area (Å²) in [6.45, 7) is 19.2. The van der Waals surface area contributed by atoms with Crippen LogP contribution in [0.5, 0.6) is 0 Å². The third kappa shape index (κ3) is 3.74. The van der Waals surface area contributed by atoms with Gasteiger partial charge in [-0.1, -0.05) is 72.3 Å². The fourth-order valence-corrected chi connectivity index (χ4v) is 10.9. The van der Waals surface area contributed by atoms with Crippen LogP contribution in [0.4, 0.5) is 0 Å². The van der Waals surface area contributed by atoms with E-state index in [2.05, 4.69) is 66.7 Å². The standard InChI is InChI=1S/C34H52O4/c1-9-37-27(35)21-38-29(36)34-18-13-22(2)23(3)28(34)24-11-12-26-31(6)16-10-15-30(4,5)25(31)14-17-33(26,8)32(24,7)19-20-34/h10-11,15,22-23,25-26,28H,9,12-14,16-21H2,1-8H3/t22-,23+,25+,26-,28+,31+,32-,33-,34+/m1/s1. The maximum absolute atomic E-state index is 13.9. The number of carbonyl (C=O) groups is 2. The van der Waals surface area contributed by atoms with Crippen molar-refractivity contribution in [1.82, 2.24) is 0 Å². The molecule has 5 aliphatic rings. The maximum Gasteiger partial charge on any atom is 0.344 e. The Morgan fingerprint density at radius 3 is 2.39 bits per heavy atom. The first-order valence-electron chi connectivity index (χ1n) is 15.5. The molecule has 0 radical (unpaired) electrons. The highest BCUT2D eigenvalue weighted by Crippen LogP contribution is 2.75. The Kier molecular flexibility index (Phi) is 6.79. The van der Waals surface area contributed by atoms with Gasteiger partial charge < -0.3 is 9.47 Å². The highest BCUT2D eigenvalue weighted by molar-refractivity contribution is 5.82. The Hall–Kier alpha value is -1.58. The van der Waals surface area contributed by atoms with Gasteiger partial charge in [0.25, 0.3) is 0 Å². The van der Waals surface area contributed by atoms with E-state index < -0.39 is 11.4 Å². The van der Waals surface area contributed by atoms with Gasteiger partial charge in [0.05, 0.1) is 12.0 Å². The smallest absolute Gasteiger partial charge is 0.344 e. The number of carbonyl (C=O) groups excluding carboxylic acids is 2. The molecule has 0 bridgehead atoms. The monoisotopic (exact) mass is 524 g/mol. The van der Waals surface area contributed by atoms with Crippen LogP contribution in [-0.2, 0) is 19.1 Å². The van der Waals surface area contributed by atoms with Gasteiger partial charge in [-0.15, -0.1) is 0 Å². The lowest BCUT2D eigenvalue weighted by Gasteiger charge is -2.70. The SMILES string of the molecule is CCOC(=O)COC(=O)[C@]12CC[C@@H](C)[C@H](C)[C@H]1C1=CC[C@@H]3[C@@]4(C)CC=CC(C)(C)[C@@H]4CC[C@@]3(C)[C@]1(C)CC2. The van der Waals surface area contributed by atoms with Crippen molar-refractivity contribution in [1.29, 1.82) is 0 Å². The van der Waals surface area contributed by atoms with E-state index in [9.17, 15) is 9.59 Å². The molecule has 4 nitrogen and oxygen atoms in total. The van der Waals surface area contributed by atoms with Crippen LogP contribution >= 0.6 is 0 Å². The number of fused-ring (bicyclic) bond motifs is 7. The summed E-state index contributed by atoms with van der Waals surface area (Å²) in [5.74, 6) is 1.90. The lowest BCUT2D eigenvalue weighted by atomic mass is 9.34. The average Bonchev–Trinajstić information content (AvgIpc) is 2.84. The molecule has 5 aliphatic carbocycles. The zero-order valence-electron chi connectivity index (χ0n) is 25.3. The molecule has 0 aromatic rings. The first-order chi connectivity index (χ1) is 17.8. The summed E-state index contributed by atoms with van der Waals surface area (Å²) in [5.41, 5.74) is 1.86. The Morgan fingerprint density at radius 1 is 0.947 bits per heavy atom. The van der Waals surface area contributed by atoms with Crippen LogP contribution in [-0.4, -0.2) is 25.2 Å². The topological polar surface area (TPSA) is 52.6 Å². The van der Waals surface area contributed by atoms with Gasteiger partial charge in [-0.2, -0.15) is 0 Å². The first kappa shape index (κ1) is 28.0. The molecule has 38 heavy (non-hydrogen) atoms. The summed E-state index contributed by atoms with van der Waals surface area (Å²) in [6, 6.07) is 0. The second-order valence-corrected chi connectivity index (χ2v) is 15.1. The molecule has 3 saturated carbocycles. The molecule has 0 aromatic carbocycles. The molecular formula is C34H52O4. The van der Waals surface area contributed by atoms with E-state index in [1.165, 1.54) is 19.3 Å². The van der Waals surface area contributed by atoms with Gasteiger partial charge in [0.15, 0.2) is 6.61 Å². The molecule has 0 N–H and O–H groups in total. The number of hydrogen-bond acceptors (Lipinski definition) is 4. The summed E-state index contributed by atoms with van der Waals surface area (Å²) < 4.78 is 10.8. The van der Waals surface area contributed by atoms with Crippen LogP contribution in [0.25, 0.3) is 0 Å². The molecule has 0 aromatic heterocycles. The zero-order chi connectivity index (χ0) is 27.7. The molecule has 4 heteroatoms. The van der Waals surface area contributed by atoms with Gasteiger partial charge in [0.2, 0.25) is 0 Å². The quantitative estimate of drug-likeness (QED) is 0.277. The number of esters is 2. The van der Waals surface area contributed by atoms with E-state index >= 15 is 0 Å². The molecule has 5 rings (SSSR count). The van der Waals surface area contributed by atoms with E-state index in [0.29, 0.717) is 35.7 Å². The Balaban J connectivity index is 1.54. The van der Waals surface area contributed by atoms with E-state index in [-0.39, 0.29) is 34.7 Å². The summed E-state index contributed by atoms with van der Waals surface area (Å²) in [4.78, 5) is 26.0. The summed E-state index contributed by atoms with van der Waals surface area (Å²) in [5, 5.41) is 0. The normalized spacial score (nSPS) is 46.9. The number of hydrogen-bond donors (Lipinski definition) is 0. The van der Waals surface area contributed by atoms with E-state index in [1.807, 2.05) is 0 Å². The van der Waals surface area contributed by atoms with Crippen molar-refractivity contribution in [2.24, 2.45) is 56.7 Å². The van der Waals surface area contributed by atoms with Crippen molar-refractivity contribution >= 4 is 11.9 Å². The van der Waals surface area contributed by atoms with Gasteiger partial charge in [-0.05, 0) is 110 Å². The average molecular weight is 525 g/mol. The van der Waals surface area contributed by atoms with Crippen LogP contribution in [0, 0.1) is 56.7 Å². The van der Waals surface area contributed by atoms with Crippen molar-refractivity contribution in [3.05, 3.63) is 23.8 Å². The number of rotatable bonds is 4. The summed E-state index contributed by atoms with van der Waals surface area (Å²) >= 11 is 0. The first-order valence-corrected chi connectivity index (χ1v) is 15.5. The van der Waals surface area contributed by atoms with Crippen LogP contribution in [0.1, 0.15) is 107 Å². The van der Waals surface area contributed by atoms with Crippen molar-refractivity contribution < 1.29 is 19.1 Å². The fraction of sp³-hybridized carbons (Fsp3) is 0.824. The molecular weight excluding hydrogens is 472 g/mol. The summed E-state index contributed by atoms with van der Waals surface area (Å²) in [7, 11) is 0. The molecule has 0 spiro atoms. The van der Waals surface area contributed by atoms with Crippen LogP contribution < -0.4 is 0 Å². The molecule has 0 heterocycles. The van der Waals surface area contributed by atoms with Crippen LogP contribution in [0.2, 0.25) is 0 Å². The lowest BCUT2D eigenvalue weighted by Crippen LogP contribution is -2.64. The molecule has 3 fully saturated rings. The van der Waals surface area contributed by atoms with E-state index in [1.54, 1.807) is 12.5 Å². The van der Waals surface area contributed by atoms with Crippen molar-refractivity contribution in [2.75, 3.05) is 13.2 Å². The Labute approximate surface area is 231 Å². The largest absolute Gasteiger partial charge is 0.463 e. The van der Waals surface area contributed by atoms with Gasteiger partial charge >= 0.3 is 11.9 Å². The van der Waals surface area contributed by atoms with E-state index in [0.717, 1.165) is 32.1 Å².